The average molecular weight is 405 g/mol. The number of halogens is 1. The first kappa shape index (κ1) is 16.8. The summed E-state index contributed by atoms with van der Waals surface area (Å²) in [5.74, 6) is 0. The summed E-state index contributed by atoms with van der Waals surface area (Å²) in [5, 5.41) is 9.75. The highest BCUT2D eigenvalue weighted by atomic mass is 79.9. The Balaban J connectivity index is 1.57. The molecule has 3 heterocycles. The topological polar surface area (TPSA) is 74.0 Å². The van der Waals surface area contributed by atoms with E-state index in [1.165, 1.54) is 0 Å². The lowest BCUT2D eigenvalue weighted by molar-refractivity contribution is -0.0119. The molecule has 0 unspecified atom stereocenters. The van der Waals surface area contributed by atoms with E-state index in [9.17, 15) is 10.1 Å². The quantitative estimate of drug-likeness (QED) is 0.834. The van der Waals surface area contributed by atoms with Gasteiger partial charge < -0.3 is 9.72 Å². The molecule has 1 aromatic heterocycles. The minimum atomic E-state index is -0.391. The van der Waals surface area contributed by atoms with Crippen LogP contribution in [-0.4, -0.2) is 46.3 Å². The fraction of sp³-hybridized carbons (Fsp3) is 0.556. The second kappa shape index (κ2) is 6.60. The zero-order valence-corrected chi connectivity index (χ0v) is 15.6. The van der Waals surface area contributed by atoms with E-state index < -0.39 is 5.54 Å². The Labute approximate surface area is 154 Å². The number of hydrogen-bond acceptors (Lipinski definition) is 4. The molecule has 25 heavy (non-hydrogen) atoms. The third kappa shape index (κ3) is 2.92. The minimum Gasteiger partial charge on any atom is -0.381 e. The van der Waals surface area contributed by atoms with Crippen LogP contribution in [0.4, 0.5) is 0 Å². The van der Waals surface area contributed by atoms with Gasteiger partial charge in [0.25, 0.3) is 0 Å². The van der Waals surface area contributed by atoms with E-state index in [1.807, 2.05) is 22.8 Å². The molecular formula is C18H21BrN4O2. The van der Waals surface area contributed by atoms with Crippen LogP contribution in [0.15, 0.2) is 27.5 Å². The predicted molar refractivity (Wildman–Crippen MR) is 98.5 cm³/mol. The second-order valence-electron chi connectivity index (χ2n) is 6.94. The van der Waals surface area contributed by atoms with Crippen LogP contribution in [0.3, 0.4) is 0 Å². The molecule has 2 fully saturated rings. The average Bonchev–Trinajstić information content (AvgIpc) is 2.97. The third-order valence-corrected chi connectivity index (χ3v) is 6.14. The number of piperidine rings is 1. The molecule has 1 aromatic carbocycles. The Bertz CT molecular complexity index is 867. The number of H-pyrrole nitrogens is 1. The lowest BCUT2D eigenvalue weighted by Crippen LogP contribution is -2.54. The van der Waals surface area contributed by atoms with Gasteiger partial charge in [-0.05, 0) is 31.0 Å². The number of nitrogens with one attached hydrogen (secondary N) is 1. The van der Waals surface area contributed by atoms with Crippen molar-refractivity contribution in [3.8, 4) is 6.07 Å². The normalized spacial score (nSPS) is 22.1. The Hall–Kier alpha value is -1.62. The number of benzene rings is 1. The molecule has 132 valence electrons. The molecule has 2 saturated heterocycles. The number of fused-ring (bicyclic) bond motifs is 1. The number of imidazole rings is 1. The number of likely N-dealkylation sites (tertiary alicyclic amines) is 1. The zero-order valence-electron chi connectivity index (χ0n) is 14.0. The minimum absolute atomic E-state index is 0.0485. The number of hydrogen-bond donors (Lipinski definition) is 1. The van der Waals surface area contributed by atoms with Crippen LogP contribution in [-0.2, 0) is 4.74 Å². The lowest BCUT2D eigenvalue weighted by atomic mass is 9.87. The van der Waals surface area contributed by atoms with Crippen molar-refractivity contribution in [1.29, 1.82) is 5.26 Å². The van der Waals surface area contributed by atoms with Gasteiger partial charge in [0.15, 0.2) is 0 Å². The molecule has 1 N–H and O–H groups in total. The molecule has 7 heteroatoms. The molecule has 0 saturated carbocycles. The smallest absolute Gasteiger partial charge is 0.326 e. The van der Waals surface area contributed by atoms with Gasteiger partial charge in [0.05, 0.1) is 17.1 Å². The fourth-order valence-electron chi connectivity index (χ4n) is 4.22. The molecular weight excluding hydrogens is 384 g/mol. The van der Waals surface area contributed by atoms with Crippen molar-refractivity contribution in [3.05, 3.63) is 33.2 Å². The standard InChI is InChI=1S/C18H21BrN4O2/c19-13-1-2-15-16(11-13)23(17(24)21-15)14-3-7-22(8-4-14)18(12-20)5-9-25-10-6-18/h1-2,11,14H,3-10H2,(H,21,24). The van der Waals surface area contributed by atoms with Crippen LogP contribution in [0.1, 0.15) is 31.7 Å². The first-order valence-electron chi connectivity index (χ1n) is 8.77. The summed E-state index contributed by atoms with van der Waals surface area (Å²) in [6.45, 7) is 2.99. The van der Waals surface area contributed by atoms with Crippen molar-refractivity contribution in [2.75, 3.05) is 26.3 Å². The fourth-order valence-corrected chi connectivity index (χ4v) is 4.57. The first-order chi connectivity index (χ1) is 12.1. The maximum atomic E-state index is 12.5. The monoisotopic (exact) mass is 404 g/mol. The Morgan fingerprint density at radius 2 is 2.00 bits per heavy atom. The summed E-state index contributed by atoms with van der Waals surface area (Å²) in [5.41, 5.74) is 1.37. The van der Waals surface area contributed by atoms with Gasteiger partial charge in [-0.25, -0.2) is 4.79 Å². The number of ether oxygens (including phenoxy) is 1. The molecule has 0 atom stereocenters. The van der Waals surface area contributed by atoms with Crippen LogP contribution < -0.4 is 5.69 Å². The van der Waals surface area contributed by atoms with E-state index in [-0.39, 0.29) is 11.7 Å². The number of nitriles is 1. The van der Waals surface area contributed by atoms with Crippen molar-refractivity contribution in [2.45, 2.75) is 37.3 Å². The molecule has 6 nitrogen and oxygen atoms in total. The maximum Gasteiger partial charge on any atom is 0.326 e. The van der Waals surface area contributed by atoms with Gasteiger partial charge in [0, 0.05) is 49.7 Å². The van der Waals surface area contributed by atoms with E-state index in [4.69, 9.17) is 4.74 Å². The molecule has 4 rings (SSSR count). The highest BCUT2D eigenvalue weighted by molar-refractivity contribution is 9.10. The van der Waals surface area contributed by atoms with Crippen molar-refractivity contribution < 1.29 is 4.74 Å². The Morgan fingerprint density at radius 3 is 2.68 bits per heavy atom. The van der Waals surface area contributed by atoms with Crippen LogP contribution in [0.25, 0.3) is 11.0 Å². The number of aromatic nitrogens is 2. The number of aromatic amines is 1. The Morgan fingerprint density at radius 1 is 1.28 bits per heavy atom. The Kier molecular flexibility index (Phi) is 4.44. The zero-order chi connectivity index (χ0) is 17.4. The molecule has 0 amide bonds. The largest absolute Gasteiger partial charge is 0.381 e. The van der Waals surface area contributed by atoms with Crippen molar-refractivity contribution >= 4 is 27.0 Å². The molecule has 2 aliphatic heterocycles. The van der Waals surface area contributed by atoms with Gasteiger partial charge >= 0.3 is 5.69 Å². The SMILES string of the molecule is N#CC1(N2CCC(n3c(=O)[nH]c4ccc(Br)cc43)CC2)CCOCC1. The second-order valence-corrected chi connectivity index (χ2v) is 7.85. The van der Waals surface area contributed by atoms with Gasteiger partial charge in [-0.3, -0.25) is 9.47 Å². The molecule has 0 aliphatic carbocycles. The van der Waals surface area contributed by atoms with Crippen LogP contribution in [0.2, 0.25) is 0 Å². The van der Waals surface area contributed by atoms with E-state index in [2.05, 4.69) is 31.9 Å². The van der Waals surface area contributed by atoms with Crippen molar-refractivity contribution in [2.24, 2.45) is 0 Å². The number of rotatable bonds is 2. The first-order valence-corrected chi connectivity index (χ1v) is 9.56. The summed E-state index contributed by atoms with van der Waals surface area (Å²) in [7, 11) is 0. The van der Waals surface area contributed by atoms with Gasteiger partial charge in [0.1, 0.15) is 5.54 Å². The summed E-state index contributed by atoms with van der Waals surface area (Å²) in [4.78, 5) is 17.7. The van der Waals surface area contributed by atoms with Crippen LogP contribution >= 0.6 is 15.9 Å². The van der Waals surface area contributed by atoms with Gasteiger partial charge in [-0.1, -0.05) is 15.9 Å². The summed E-state index contributed by atoms with van der Waals surface area (Å²) < 4.78 is 8.30. The highest BCUT2D eigenvalue weighted by Crippen LogP contribution is 2.33. The predicted octanol–water partition coefficient (Wildman–Crippen LogP) is 2.80. The summed E-state index contributed by atoms with van der Waals surface area (Å²) >= 11 is 3.49. The lowest BCUT2D eigenvalue weighted by Gasteiger charge is -2.44. The highest BCUT2D eigenvalue weighted by Gasteiger charge is 2.40. The van der Waals surface area contributed by atoms with E-state index in [0.717, 1.165) is 54.3 Å². The van der Waals surface area contributed by atoms with Gasteiger partial charge in [-0.15, -0.1) is 0 Å². The third-order valence-electron chi connectivity index (χ3n) is 5.64. The molecule has 0 bridgehead atoms. The van der Waals surface area contributed by atoms with E-state index >= 15 is 0 Å². The van der Waals surface area contributed by atoms with E-state index in [0.29, 0.717) is 13.2 Å². The summed E-state index contributed by atoms with van der Waals surface area (Å²) in [6, 6.07) is 8.58. The van der Waals surface area contributed by atoms with Crippen molar-refractivity contribution in [1.82, 2.24) is 14.5 Å². The van der Waals surface area contributed by atoms with Crippen LogP contribution in [0, 0.1) is 11.3 Å². The molecule has 2 aromatic rings. The van der Waals surface area contributed by atoms with Gasteiger partial charge in [-0.2, -0.15) is 5.26 Å². The molecule has 2 aliphatic rings. The maximum absolute atomic E-state index is 12.5. The van der Waals surface area contributed by atoms with Gasteiger partial charge in [0.2, 0.25) is 0 Å². The van der Waals surface area contributed by atoms with E-state index in [1.54, 1.807) is 0 Å². The number of nitrogens with zero attached hydrogens (tertiary/aromatic N) is 3. The van der Waals surface area contributed by atoms with Crippen molar-refractivity contribution in [3.63, 3.8) is 0 Å². The van der Waals surface area contributed by atoms with Crippen LogP contribution in [0.5, 0.6) is 0 Å². The molecule has 0 spiro atoms. The summed E-state index contributed by atoms with van der Waals surface area (Å²) in [6.07, 6.45) is 3.30. The molecule has 0 radical (unpaired) electrons.